The molecular weight excluding hydrogens is 475 g/mol. The zero-order chi connectivity index (χ0) is 19.0. The third kappa shape index (κ3) is 7.77. The second kappa shape index (κ2) is 11.6. The van der Waals surface area contributed by atoms with Crippen molar-refractivity contribution in [3.05, 3.63) is 29.8 Å². The molecule has 2 rings (SSSR count). The number of hydrogen-bond donors (Lipinski definition) is 2. The Labute approximate surface area is 183 Å². The van der Waals surface area contributed by atoms with Crippen LogP contribution in [0.5, 0.6) is 5.75 Å². The fourth-order valence-corrected chi connectivity index (χ4v) is 3.91. The van der Waals surface area contributed by atoms with Gasteiger partial charge in [0.25, 0.3) is 5.91 Å². The van der Waals surface area contributed by atoms with Crippen LogP contribution in [0.15, 0.2) is 29.3 Å². The average molecular weight is 506 g/mol. The highest BCUT2D eigenvalue weighted by Crippen LogP contribution is 2.29. The third-order valence-corrected chi connectivity index (χ3v) is 5.37. The van der Waals surface area contributed by atoms with Crippen molar-refractivity contribution in [3.63, 3.8) is 0 Å². The molecule has 0 saturated carbocycles. The van der Waals surface area contributed by atoms with Gasteiger partial charge in [-0.15, -0.1) is 24.0 Å². The van der Waals surface area contributed by atoms with Crippen LogP contribution in [0, 0.1) is 0 Å². The number of aliphatic imine (C=N–C) groups is 1. The molecule has 1 aliphatic heterocycles. The van der Waals surface area contributed by atoms with Crippen LogP contribution in [0.2, 0.25) is 0 Å². The largest absolute Gasteiger partial charge is 0.497 e. The summed E-state index contributed by atoms with van der Waals surface area (Å²) in [4.78, 5) is 19.2. The number of benzene rings is 1. The van der Waals surface area contributed by atoms with Crippen molar-refractivity contribution < 1.29 is 9.53 Å². The summed E-state index contributed by atoms with van der Waals surface area (Å²) >= 11 is 2.00. The molecule has 8 heteroatoms. The summed E-state index contributed by atoms with van der Waals surface area (Å²) in [5, 5.41) is 6.28. The predicted molar refractivity (Wildman–Crippen MR) is 125 cm³/mol. The molecule has 0 bridgehead atoms. The number of amides is 1. The van der Waals surface area contributed by atoms with Crippen molar-refractivity contribution in [2.75, 3.05) is 45.6 Å². The van der Waals surface area contributed by atoms with E-state index in [0.717, 1.165) is 37.1 Å². The molecule has 0 spiro atoms. The SMILES string of the molecule is CCNC(=NCCNC(=O)c1ccc(OC)cc1)N1CCSC(C)(C)C1.I. The number of thioether (sulfide) groups is 1. The molecule has 1 aromatic carbocycles. The van der Waals surface area contributed by atoms with Gasteiger partial charge >= 0.3 is 0 Å². The number of methoxy groups -OCH3 is 1. The highest BCUT2D eigenvalue weighted by atomic mass is 127. The van der Waals surface area contributed by atoms with Crippen LogP contribution in [-0.4, -0.2) is 67.1 Å². The fraction of sp³-hybridized carbons (Fsp3) is 0.579. The molecule has 0 radical (unpaired) electrons. The molecule has 0 atom stereocenters. The Kier molecular flexibility index (Phi) is 10.3. The molecule has 6 nitrogen and oxygen atoms in total. The van der Waals surface area contributed by atoms with Crippen LogP contribution < -0.4 is 15.4 Å². The van der Waals surface area contributed by atoms with Gasteiger partial charge in [0.05, 0.1) is 13.7 Å². The Morgan fingerprint density at radius 1 is 1.30 bits per heavy atom. The van der Waals surface area contributed by atoms with Crippen LogP contribution in [0.1, 0.15) is 31.1 Å². The van der Waals surface area contributed by atoms with Gasteiger partial charge in [0.2, 0.25) is 0 Å². The first-order chi connectivity index (χ1) is 12.4. The monoisotopic (exact) mass is 506 g/mol. The Bertz CT molecular complexity index is 623. The summed E-state index contributed by atoms with van der Waals surface area (Å²) in [7, 11) is 1.61. The molecule has 2 N–H and O–H groups in total. The highest BCUT2D eigenvalue weighted by molar-refractivity contribution is 14.0. The summed E-state index contributed by atoms with van der Waals surface area (Å²) < 4.78 is 5.34. The summed E-state index contributed by atoms with van der Waals surface area (Å²) in [5.41, 5.74) is 0.622. The number of ether oxygens (including phenoxy) is 1. The summed E-state index contributed by atoms with van der Waals surface area (Å²) in [5.74, 6) is 2.68. The van der Waals surface area contributed by atoms with Crippen LogP contribution in [0.3, 0.4) is 0 Å². The molecule has 0 aromatic heterocycles. The minimum Gasteiger partial charge on any atom is -0.497 e. The van der Waals surface area contributed by atoms with Gasteiger partial charge in [0.15, 0.2) is 5.96 Å². The van der Waals surface area contributed by atoms with Crippen molar-refractivity contribution in [1.29, 1.82) is 0 Å². The van der Waals surface area contributed by atoms with Gasteiger partial charge in [-0.1, -0.05) is 0 Å². The van der Waals surface area contributed by atoms with Crippen LogP contribution in [0.4, 0.5) is 0 Å². The van der Waals surface area contributed by atoms with Gasteiger partial charge in [-0.05, 0) is 45.0 Å². The molecule has 1 aliphatic rings. The maximum absolute atomic E-state index is 12.2. The zero-order valence-corrected chi connectivity index (χ0v) is 19.7. The quantitative estimate of drug-likeness (QED) is 0.269. The molecule has 1 fully saturated rings. The van der Waals surface area contributed by atoms with Crippen LogP contribution >= 0.6 is 35.7 Å². The number of rotatable bonds is 6. The maximum atomic E-state index is 12.2. The number of nitrogens with zero attached hydrogens (tertiary/aromatic N) is 2. The van der Waals surface area contributed by atoms with E-state index >= 15 is 0 Å². The van der Waals surface area contributed by atoms with E-state index < -0.39 is 0 Å². The number of hydrogen-bond acceptors (Lipinski definition) is 4. The standard InChI is InChI=1S/C19H30N4O2S.HI/c1-5-20-18(23-12-13-26-19(2,3)14-23)22-11-10-21-17(24)15-6-8-16(25-4)9-7-15;/h6-9H,5,10-14H2,1-4H3,(H,20,22)(H,21,24);1H. The smallest absolute Gasteiger partial charge is 0.251 e. The van der Waals surface area contributed by atoms with Gasteiger partial charge in [0, 0.05) is 42.2 Å². The molecular formula is C19H31IN4O2S. The predicted octanol–water partition coefficient (Wildman–Crippen LogP) is 2.84. The van der Waals surface area contributed by atoms with Crippen LogP contribution in [-0.2, 0) is 0 Å². The second-order valence-corrected chi connectivity index (χ2v) is 8.55. The van der Waals surface area contributed by atoms with Crippen molar-refractivity contribution >= 4 is 47.6 Å². The van der Waals surface area contributed by atoms with Crippen molar-refractivity contribution in [3.8, 4) is 5.75 Å². The lowest BCUT2D eigenvalue weighted by Crippen LogP contribution is -2.51. The van der Waals surface area contributed by atoms with E-state index in [4.69, 9.17) is 4.74 Å². The minimum absolute atomic E-state index is 0. The molecule has 1 amide bonds. The van der Waals surface area contributed by atoms with E-state index in [1.807, 2.05) is 11.8 Å². The van der Waals surface area contributed by atoms with Gasteiger partial charge in [-0.3, -0.25) is 9.79 Å². The van der Waals surface area contributed by atoms with Gasteiger partial charge < -0.3 is 20.3 Å². The van der Waals surface area contributed by atoms with E-state index in [-0.39, 0.29) is 34.6 Å². The summed E-state index contributed by atoms with van der Waals surface area (Å²) in [6, 6.07) is 7.09. The molecule has 152 valence electrons. The Morgan fingerprint density at radius 3 is 2.59 bits per heavy atom. The molecule has 0 aliphatic carbocycles. The molecule has 1 saturated heterocycles. The van der Waals surface area contributed by atoms with Crippen molar-refractivity contribution in [2.45, 2.75) is 25.5 Å². The normalized spacial score (nSPS) is 16.3. The Morgan fingerprint density at radius 2 is 2.00 bits per heavy atom. The number of carbonyl (C=O) groups is 1. The second-order valence-electron chi connectivity index (χ2n) is 6.75. The Balaban J connectivity index is 0.00000364. The average Bonchev–Trinajstić information content (AvgIpc) is 2.63. The zero-order valence-electron chi connectivity index (χ0n) is 16.6. The van der Waals surface area contributed by atoms with Gasteiger partial charge in [-0.25, -0.2) is 0 Å². The van der Waals surface area contributed by atoms with Crippen molar-refractivity contribution in [2.24, 2.45) is 4.99 Å². The number of halogens is 1. The number of nitrogens with one attached hydrogen (secondary N) is 2. The molecule has 27 heavy (non-hydrogen) atoms. The maximum Gasteiger partial charge on any atom is 0.251 e. The van der Waals surface area contributed by atoms with Gasteiger partial charge in [0.1, 0.15) is 5.75 Å². The summed E-state index contributed by atoms with van der Waals surface area (Å²) in [6.45, 7) is 10.5. The highest BCUT2D eigenvalue weighted by Gasteiger charge is 2.28. The third-order valence-electron chi connectivity index (χ3n) is 4.07. The number of guanidine groups is 1. The minimum atomic E-state index is -0.0941. The summed E-state index contributed by atoms with van der Waals surface area (Å²) in [6.07, 6.45) is 0. The lowest BCUT2D eigenvalue weighted by molar-refractivity contribution is 0.0954. The molecule has 1 heterocycles. The van der Waals surface area contributed by atoms with Crippen LogP contribution in [0.25, 0.3) is 0 Å². The van der Waals surface area contributed by atoms with Crippen molar-refractivity contribution in [1.82, 2.24) is 15.5 Å². The number of carbonyl (C=O) groups excluding carboxylic acids is 1. The Hall–Kier alpha value is -1.16. The van der Waals surface area contributed by atoms with Gasteiger partial charge in [-0.2, -0.15) is 11.8 Å². The van der Waals surface area contributed by atoms with E-state index in [1.165, 1.54) is 0 Å². The van der Waals surface area contributed by atoms with E-state index in [2.05, 4.69) is 41.3 Å². The lowest BCUT2D eigenvalue weighted by Gasteiger charge is -2.39. The van der Waals surface area contributed by atoms with E-state index in [0.29, 0.717) is 18.7 Å². The first-order valence-electron chi connectivity index (χ1n) is 9.04. The molecule has 1 aromatic rings. The van der Waals surface area contributed by atoms with E-state index in [1.54, 1.807) is 31.4 Å². The lowest BCUT2D eigenvalue weighted by atomic mass is 10.2. The fourth-order valence-electron chi connectivity index (χ4n) is 2.80. The van der Waals surface area contributed by atoms with E-state index in [9.17, 15) is 4.79 Å². The topological polar surface area (TPSA) is 66.0 Å². The molecule has 0 unspecified atom stereocenters. The first-order valence-corrected chi connectivity index (χ1v) is 10.0. The first kappa shape index (κ1) is 23.9.